The van der Waals surface area contributed by atoms with Crippen LogP contribution in [-0.2, 0) is 4.74 Å². The standard InChI is InChI=1S/C19H17N5O6/c1-3-29-19(27)30-15-8-13(25)10(7-14(15)28-2)17-22-23-18(26)24(17)12-6-4-5-11-16(12)21-9-20-11/h4-9,25H,3H2,1-2H3,(H,20,21)(H,23,26). The second kappa shape index (κ2) is 7.62. The quantitative estimate of drug-likeness (QED) is 0.335. The highest BCUT2D eigenvalue weighted by Crippen LogP contribution is 2.39. The van der Waals surface area contributed by atoms with Crippen molar-refractivity contribution in [1.29, 1.82) is 0 Å². The zero-order valence-corrected chi connectivity index (χ0v) is 16.0. The fourth-order valence-corrected chi connectivity index (χ4v) is 3.04. The Morgan fingerprint density at radius 1 is 1.27 bits per heavy atom. The second-order valence-corrected chi connectivity index (χ2v) is 6.07. The number of carbonyl (C=O) groups excluding carboxylic acids is 1. The average Bonchev–Trinajstić information content (AvgIpc) is 3.35. The summed E-state index contributed by atoms with van der Waals surface area (Å²) in [7, 11) is 1.37. The van der Waals surface area contributed by atoms with Crippen molar-refractivity contribution in [2.45, 2.75) is 6.92 Å². The van der Waals surface area contributed by atoms with E-state index >= 15 is 0 Å². The summed E-state index contributed by atoms with van der Waals surface area (Å²) in [4.78, 5) is 31.4. The van der Waals surface area contributed by atoms with E-state index in [0.717, 1.165) is 5.52 Å². The Hall–Kier alpha value is -4.28. The van der Waals surface area contributed by atoms with Crippen LogP contribution < -0.4 is 15.2 Å². The highest BCUT2D eigenvalue weighted by molar-refractivity contribution is 5.84. The number of methoxy groups -OCH3 is 1. The van der Waals surface area contributed by atoms with Gasteiger partial charge in [-0.2, -0.15) is 5.10 Å². The third-order valence-corrected chi connectivity index (χ3v) is 4.32. The van der Waals surface area contributed by atoms with Crippen LogP contribution in [0.25, 0.3) is 28.1 Å². The molecular formula is C19H17N5O6. The van der Waals surface area contributed by atoms with Gasteiger partial charge >= 0.3 is 11.8 Å². The lowest BCUT2D eigenvalue weighted by Crippen LogP contribution is -2.16. The largest absolute Gasteiger partial charge is 0.513 e. The highest BCUT2D eigenvalue weighted by Gasteiger charge is 2.22. The molecule has 0 aliphatic rings. The molecule has 3 N–H and O–H groups in total. The van der Waals surface area contributed by atoms with Crippen molar-refractivity contribution in [3.8, 4) is 34.3 Å². The number of phenols is 1. The predicted octanol–water partition coefficient (Wildman–Crippen LogP) is 2.35. The van der Waals surface area contributed by atoms with Crippen LogP contribution in [0.15, 0.2) is 41.5 Å². The first-order chi connectivity index (χ1) is 14.5. The van der Waals surface area contributed by atoms with Gasteiger partial charge in [0.1, 0.15) is 11.3 Å². The van der Waals surface area contributed by atoms with Gasteiger partial charge in [0.2, 0.25) is 0 Å². The van der Waals surface area contributed by atoms with E-state index in [1.54, 1.807) is 19.1 Å². The van der Waals surface area contributed by atoms with Crippen LogP contribution in [-0.4, -0.2) is 49.7 Å². The minimum atomic E-state index is -0.940. The van der Waals surface area contributed by atoms with Crippen molar-refractivity contribution in [2.24, 2.45) is 0 Å². The number of benzene rings is 2. The van der Waals surface area contributed by atoms with Gasteiger partial charge in [-0.3, -0.25) is 0 Å². The van der Waals surface area contributed by atoms with Gasteiger partial charge in [-0.05, 0) is 25.1 Å². The van der Waals surface area contributed by atoms with Crippen LogP contribution in [0.1, 0.15) is 6.92 Å². The van der Waals surface area contributed by atoms with Crippen LogP contribution in [0.5, 0.6) is 17.2 Å². The zero-order chi connectivity index (χ0) is 21.3. The van der Waals surface area contributed by atoms with Gasteiger partial charge in [0, 0.05) is 6.07 Å². The van der Waals surface area contributed by atoms with Crippen LogP contribution in [0.3, 0.4) is 0 Å². The molecule has 0 radical (unpaired) electrons. The lowest BCUT2D eigenvalue weighted by molar-refractivity contribution is 0.103. The van der Waals surface area contributed by atoms with E-state index < -0.39 is 11.8 Å². The Bertz CT molecular complexity index is 1290. The average molecular weight is 411 g/mol. The number of phenolic OH excluding ortho intramolecular Hbond substituents is 1. The van der Waals surface area contributed by atoms with Crippen LogP contribution in [0.4, 0.5) is 4.79 Å². The van der Waals surface area contributed by atoms with E-state index in [4.69, 9.17) is 14.2 Å². The van der Waals surface area contributed by atoms with Gasteiger partial charge in [-0.15, -0.1) is 0 Å². The van der Waals surface area contributed by atoms with Gasteiger partial charge in [0.05, 0.1) is 36.8 Å². The van der Waals surface area contributed by atoms with Crippen molar-refractivity contribution < 1.29 is 24.1 Å². The Labute approximate surface area is 168 Å². The highest BCUT2D eigenvalue weighted by atomic mass is 16.7. The number of hydrogen-bond acceptors (Lipinski definition) is 8. The molecule has 11 nitrogen and oxygen atoms in total. The molecular weight excluding hydrogens is 394 g/mol. The molecule has 4 aromatic rings. The van der Waals surface area contributed by atoms with Crippen molar-refractivity contribution in [3.05, 3.63) is 47.1 Å². The number of ether oxygens (including phenoxy) is 3. The van der Waals surface area contributed by atoms with Crippen LogP contribution in [0.2, 0.25) is 0 Å². The normalized spacial score (nSPS) is 10.9. The molecule has 0 saturated heterocycles. The summed E-state index contributed by atoms with van der Waals surface area (Å²) in [5, 5.41) is 17.0. The summed E-state index contributed by atoms with van der Waals surface area (Å²) in [5.74, 6) is -0.0783. The number of fused-ring (bicyclic) bond motifs is 1. The van der Waals surface area contributed by atoms with Gasteiger partial charge in [0.25, 0.3) is 0 Å². The molecule has 2 aromatic carbocycles. The van der Waals surface area contributed by atoms with Gasteiger partial charge in [-0.1, -0.05) is 6.07 Å². The van der Waals surface area contributed by atoms with Gasteiger partial charge < -0.3 is 24.3 Å². The first-order valence-electron chi connectivity index (χ1n) is 8.89. The van der Waals surface area contributed by atoms with E-state index in [9.17, 15) is 14.7 Å². The first kappa shape index (κ1) is 19.1. The maximum Gasteiger partial charge on any atom is 0.513 e. The number of carbonyl (C=O) groups is 1. The number of imidazole rings is 1. The molecule has 0 unspecified atom stereocenters. The van der Waals surface area contributed by atoms with E-state index in [1.165, 1.54) is 30.1 Å². The molecule has 30 heavy (non-hydrogen) atoms. The molecule has 0 saturated carbocycles. The predicted molar refractivity (Wildman–Crippen MR) is 105 cm³/mol. The molecule has 11 heteroatoms. The molecule has 0 fully saturated rings. The molecule has 0 spiro atoms. The molecule has 0 aliphatic carbocycles. The molecule has 0 bridgehead atoms. The SMILES string of the molecule is CCOC(=O)Oc1cc(O)c(-c2n[nH]c(=O)n2-c2cccc3[nH]cnc23)cc1OC. The monoisotopic (exact) mass is 411 g/mol. The molecule has 154 valence electrons. The number of nitrogens with one attached hydrogen (secondary N) is 2. The smallest absolute Gasteiger partial charge is 0.507 e. The third kappa shape index (κ3) is 3.21. The van der Waals surface area contributed by atoms with Crippen molar-refractivity contribution in [1.82, 2.24) is 24.7 Å². The van der Waals surface area contributed by atoms with E-state index in [0.29, 0.717) is 11.2 Å². The number of aromatic hydroxyl groups is 1. The van der Waals surface area contributed by atoms with Crippen LogP contribution >= 0.6 is 0 Å². The Balaban J connectivity index is 1.86. The van der Waals surface area contributed by atoms with Crippen LogP contribution in [0, 0.1) is 0 Å². The van der Waals surface area contributed by atoms with Crippen molar-refractivity contribution >= 4 is 17.2 Å². The molecule has 0 amide bonds. The van der Waals surface area contributed by atoms with Crippen molar-refractivity contribution in [3.63, 3.8) is 0 Å². The number of aromatic amines is 2. The summed E-state index contributed by atoms with van der Waals surface area (Å²) < 4.78 is 16.3. The summed E-state index contributed by atoms with van der Waals surface area (Å²) >= 11 is 0. The second-order valence-electron chi connectivity index (χ2n) is 6.07. The fourth-order valence-electron chi connectivity index (χ4n) is 3.04. The lowest BCUT2D eigenvalue weighted by atomic mass is 10.1. The van der Waals surface area contributed by atoms with E-state index in [-0.39, 0.29) is 35.2 Å². The Kier molecular flexibility index (Phi) is 4.84. The Morgan fingerprint density at radius 3 is 2.87 bits per heavy atom. The topological polar surface area (TPSA) is 144 Å². The summed E-state index contributed by atoms with van der Waals surface area (Å²) in [6.07, 6.45) is 0.575. The number of hydrogen-bond donors (Lipinski definition) is 3. The van der Waals surface area contributed by atoms with Gasteiger partial charge in [0.15, 0.2) is 17.3 Å². The number of rotatable bonds is 5. The third-order valence-electron chi connectivity index (χ3n) is 4.32. The van der Waals surface area contributed by atoms with Gasteiger partial charge in [-0.25, -0.2) is 24.2 Å². The van der Waals surface area contributed by atoms with E-state index in [2.05, 4.69) is 20.2 Å². The summed E-state index contributed by atoms with van der Waals surface area (Å²) in [6, 6.07) is 7.87. The maximum absolute atomic E-state index is 12.5. The number of nitrogens with zero attached hydrogens (tertiary/aromatic N) is 3. The maximum atomic E-state index is 12.5. The number of para-hydroxylation sites is 1. The molecule has 2 heterocycles. The molecule has 2 aromatic heterocycles. The zero-order valence-electron chi connectivity index (χ0n) is 16.0. The summed E-state index contributed by atoms with van der Waals surface area (Å²) in [6.45, 7) is 1.76. The minimum Gasteiger partial charge on any atom is -0.507 e. The molecule has 0 aliphatic heterocycles. The van der Waals surface area contributed by atoms with Crippen molar-refractivity contribution in [2.75, 3.05) is 13.7 Å². The minimum absolute atomic E-state index is 0.0453. The van der Waals surface area contributed by atoms with E-state index in [1.807, 2.05) is 6.07 Å². The lowest BCUT2D eigenvalue weighted by Gasteiger charge is -2.13. The molecule has 4 rings (SSSR count). The first-order valence-corrected chi connectivity index (χ1v) is 8.89. The number of aromatic nitrogens is 5. The fraction of sp³-hybridized carbons (Fsp3) is 0.158. The summed E-state index contributed by atoms with van der Waals surface area (Å²) in [5.41, 5.74) is 1.40. The molecule has 0 atom stereocenters. The number of H-pyrrole nitrogens is 2. The Morgan fingerprint density at radius 2 is 2.10 bits per heavy atom.